The minimum atomic E-state index is -0.644. The van der Waals surface area contributed by atoms with E-state index in [1.54, 1.807) is 13.2 Å². The highest BCUT2D eigenvalue weighted by molar-refractivity contribution is 5.76. The fourth-order valence-corrected chi connectivity index (χ4v) is 3.17. The second-order valence-corrected chi connectivity index (χ2v) is 6.57. The maximum absolute atomic E-state index is 13.9. The molecule has 3 aromatic rings. The SMILES string of the molecule is COc1cccc(/C=C/C2Nc3ccccc3N2)c1OCc1ccc(F)cc1F. The van der Waals surface area contributed by atoms with Gasteiger partial charge < -0.3 is 20.1 Å². The molecule has 0 unspecified atom stereocenters. The fraction of sp³-hybridized carbons (Fsp3) is 0.130. The Morgan fingerprint density at radius 1 is 0.966 bits per heavy atom. The molecule has 0 fully saturated rings. The van der Waals surface area contributed by atoms with Gasteiger partial charge in [-0.2, -0.15) is 0 Å². The zero-order valence-corrected chi connectivity index (χ0v) is 15.8. The topological polar surface area (TPSA) is 42.5 Å². The predicted molar refractivity (Wildman–Crippen MR) is 110 cm³/mol. The molecule has 0 saturated carbocycles. The van der Waals surface area contributed by atoms with Crippen molar-refractivity contribution in [3.8, 4) is 11.5 Å². The maximum atomic E-state index is 13.9. The number of halogens is 2. The zero-order chi connectivity index (χ0) is 20.2. The second kappa shape index (κ2) is 8.22. The summed E-state index contributed by atoms with van der Waals surface area (Å²) in [6.07, 6.45) is 3.82. The van der Waals surface area contributed by atoms with Crippen LogP contribution in [0.25, 0.3) is 6.08 Å². The fourth-order valence-electron chi connectivity index (χ4n) is 3.17. The number of ether oxygens (including phenoxy) is 2. The maximum Gasteiger partial charge on any atom is 0.168 e. The molecule has 1 heterocycles. The normalized spacial score (nSPS) is 13.1. The van der Waals surface area contributed by atoms with Crippen molar-refractivity contribution in [2.24, 2.45) is 0 Å². The number of methoxy groups -OCH3 is 1. The second-order valence-electron chi connectivity index (χ2n) is 6.57. The van der Waals surface area contributed by atoms with Gasteiger partial charge in [0.1, 0.15) is 24.4 Å². The van der Waals surface area contributed by atoms with Crippen LogP contribution in [0.4, 0.5) is 20.2 Å². The van der Waals surface area contributed by atoms with E-state index in [1.165, 1.54) is 12.1 Å². The van der Waals surface area contributed by atoms with Crippen LogP contribution in [0.15, 0.2) is 66.7 Å². The molecule has 3 aromatic carbocycles. The monoisotopic (exact) mass is 394 g/mol. The first-order valence-electron chi connectivity index (χ1n) is 9.18. The van der Waals surface area contributed by atoms with Crippen molar-refractivity contribution in [3.05, 3.63) is 89.5 Å². The smallest absolute Gasteiger partial charge is 0.168 e. The number of rotatable bonds is 6. The Kier molecular flexibility index (Phi) is 5.33. The number of hydrogen-bond donors (Lipinski definition) is 2. The van der Waals surface area contributed by atoms with Crippen LogP contribution < -0.4 is 20.1 Å². The molecule has 0 aliphatic carbocycles. The minimum absolute atomic E-state index is 0.0430. The summed E-state index contributed by atoms with van der Waals surface area (Å²) >= 11 is 0. The van der Waals surface area contributed by atoms with E-state index >= 15 is 0 Å². The van der Waals surface area contributed by atoms with Crippen molar-refractivity contribution >= 4 is 17.5 Å². The first-order chi connectivity index (χ1) is 14.1. The molecule has 148 valence electrons. The van der Waals surface area contributed by atoms with Crippen molar-refractivity contribution in [2.75, 3.05) is 17.7 Å². The molecule has 4 rings (SSSR count). The van der Waals surface area contributed by atoms with Crippen LogP contribution in [0.3, 0.4) is 0 Å². The lowest BCUT2D eigenvalue weighted by molar-refractivity contribution is 0.279. The average Bonchev–Trinajstić information content (AvgIpc) is 3.15. The molecular formula is C23H20F2N2O2. The molecule has 0 atom stereocenters. The van der Waals surface area contributed by atoms with Crippen LogP contribution in [0.2, 0.25) is 0 Å². The summed E-state index contributed by atoms with van der Waals surface area (Å²) in [6, 6.07) is 16.9. The van der Waals surface area contributed by atoms with Gasteiger partial charge in [0.25, 0.3) is 0 Å². The summed E-state index contributed by atoms with van der Waals surface area (Å²) in [5.41, 5.74) is 3.13. The molecule has 0 spiro atoms. The van der Waals surface area contributed by atoms with E-state index in [1.807, 2.05) is 48.6 Å². The van der Waals surface area contributed by atoms with E-state index in [2.05, 4.69) is 10.6 Å². The van der Waals surface area contributed by atoms with Crippen LogP contribution >= 0.6 is 0 Å². The largest absolute Gasteiger partial charge is 0.493 e. The van der Waals surface area contributed by atoms with E-state index < -0.39 is 11.6 Å². The molecule has 0 saturated heterocycles. The van der Waals surface area contributed by atoms with Gasteiger partial charge in [0, 0.05) is 17.2 Å². The van der Waals surface area contributed by atoms with Crippen LogP contribution in [0, 0.1) is 11.6 Å². The van der Waals surface area contributed by atoms with Gasteiger partial charge in [0.05, 0.1) is 18.5 Å². The quantitative estimate of drug-likeness (QED) is 0.585. The summed E-state index contributed by atoms with van der Waals surface area (Å²) in [5, 5.41) is 6.74. The first-order valence-corrected chi connectivity index (χ1v) is 9.18. The molecule has 4 nitrogen and oxygen atoms in total. The molecule has 0 amide bonds. The standard InChI is InChI=1S/C23H20F2N2O2/c1-28-21-8-4-5-15(10-12-22-26-19-6-2-3-7-20(19)27-22)23(21)29-14-16-9-11-17(24)13-18(16)25/h2-13,22,26-27H,14H2,1H3/b12-10+. The lowest BCUT2D eigenvalue weighted by Crippen LogP contribution is -2.18. The van der Waals surface area contributed by atoms with Crippen molar-refractivity contribution in [1.82, 2.24) is 0 Å². The summed E-state index contributed by atoms with van der Waals surface area (Å²) in [6.45, 7) is -0.0430. The van der Waals surface area contributed by atoms with Gasteiger partial charge in [-0.3, -0.25) is 0 Å². The van der Waals surface area contributed by atoms with E-state index in [4.69, 9.17) is 9.47 Å². The van der Waals surface area contributed by atoms with E-state index in [-0.39, 0.29) is 18.3 Å². The van der Waals surface area contributed by atoms with Gasteiger partial charge >= 0.3 is 0 Å². The third-order valence-electron chi connectivity index (χ3n) is 4.63. The molecular weight excluding hydrogens is 374 g/mol. The van der Waals surface area contributed by atoms with Crippen LogP contribution in [0.5, 0.6) is 11.5 Å². The zero-order valence-electron chi connectivity index (χ0n) is 15.8. The average molecular weight is 394 g/mol. The number of anilines is 2. The molecule has 29 heavy (non-hydrogen) atoms. The molecule has 1 aliphatic rings. The minimum Gasteiger partial charge on any atom is -0.493 e. The molecule has 6 heteroatoms. The van der Waals surface area contributed by atoms with Crippen molar-refractivity contribution in [3.63, 3.8) is 0 Å². The van der Waals surface area contributed by atoms with E-state index in [0.29, 0.717) is 11.5 Å². The highest BCUT2D eigenvalue weighted by atomic mass is 19.1. The third-order valence-corrected chi connectivity index (χ3v) is 4.63. The first kappa shape index (κ1) is 18.8. The highest BCUT2D eigenvalue weighted by Gasteiger charge is 2.16. The van der Waals surface area contributed by atoms with Crippen molar-refractivity contribution in [2.45, 2.75) is 12.8 Å². The number of para-hydroxylation sites is 3. The molecule has 0 bridgehead atoms. The number of hydrogen-bond acceptors (Lipinski definition) is 4. The Hall–Kier alpha value is -3.54. The Balaban J connectivity index is 1.53. The summed E-state index contributed by atoms with van der Waals surface area (Å²) in [5.74, 6) is -0.241. The Bertz CT molecular complexity index is 1030. The Morgan fingerprint density at radius 2 is 1.72 bits per heavy atom. The van der Waals surface area contributed by atoms with Crippen LogP contribution in [-0.4, -0.2) is 13.3 Å². The molecule has 1 aliphatic heterocycles. The third kappa shape index (κ3) is 4.16. The lowest BCUT2D eigenvalue weighted by atomic mass is 10.1. The highest BCUT2D eigenvalue weighted by Crippen LogP contribution is 2.34. The van der Waals surface area contributed by atoms with Crippen LogP contribution in [-0.2, 0) is 6.61 Å². The summed E-state index contributed by atoms with van der Waals surface area (Å²) in [7, 11) is 1.55. The lowest BCUT2D eigenvalue weighted by Gasteiger charge is -2.14. The molecule has 0 radical (unpaired) electrons. The summed E-state index contributed by atoms with van der Waals surface area (Å²) in [4.78, 5) is 0. The van der Waals surface area contributed by atoms with Gasteiger partial charge in [-0.1, -0.05) is 30.3 Å². The molecule has 2 N–H and O–H groups in total. The van der Waals surface area contributed by atoms with Crippen LogP contribution in [0.1, 0.15) is 11.1 Å². The van der Waals surface area contributed by atoms with Gasteiger partial charge in [-0.05, 0) is 36.4 Å². The number of fused-ring (bicyclic) bond motifs is 1. The number of nitrogens with one attached hydrogen (secondary N) is 2. The van der Waals surface area contributed by atoms with E-state index in [0.717, 1.165) is 23.0 Å². The van der Waals surface area contributed by atoms with Crippen molar-refractivity contribution < 1.29 is 18.3 Å². The Morgan fingerprint density at radius 3 is 2.41 bits per heavy atom. The predicted octanol–water partition coefficient (Wildman–Crippen LogP) is 5.43. The van der Waals surface area contributed by atoms with Gasteiger partial charge in [0.2, 0.25) is 0 Å². The van der Waals surface area contributed by atoms with Gasteiger partial charge in [-0.15, -0.1) is 0 Å². The number of benzene rings is 3. The summed E-state index contributed by atoms with van der Waals surface area (Å²) < 4.78 is 38.3. The molecule has 0 aromatic heterocycles. The van der Waals surface area contributed by atoms with E-state index in [9.17, 15) is 8.78 Å². The Labute approximate surface area is 167 Å². The van der Waals surface area contributed by atoms with Gasteiger partial charge in [-0.25, -0.2) is 8.78 Å². The van der Waals surface area contributed by atoms with Gasteiger partial charge in [0.15, 0.2) is 11.5 Å². The van der Waals surface area contributed by atoms with Crippen molar-refractivity contribution in [1.29, 1.82) is 0 Å².